The molecule has 0 aliphatic heterocycles. The Bertz CT molecular complexity index is 656. The van der Waals surface area contributed by atoms with E-state index in [1.165, 1.54) is 16.0 Å². The van der Waals surface area contributed by atoms with Crippen LogP contribution in [-0.2, 0) is 11.3 Å². The number of amides is 1. The Morgan fingerprint density at radius 3 is 3.00 bits per heavy atom. The highest BCUT2D eigenvalue weighted by atomic mass is 32.1. The van der Waals surface area contributed by atoms with Gasteiger partial charge in [0.2, 0.25) is 5.91 Å². The van der Waals surface area contributed by atoms with Gasteiger partial charge in [-0.3, -0.25) is 4.79 Å². The van der Waals surface area contributed by atoms with Crippen molar-refractivity contribution in [2.45, 2.75) is 32.4 Å². The van der Waals surface area contributed by atoms with Crippen LogP contribution in [0.4, 0.5) is 0 Å². The minimum Gasteiger partial charge on any atom is -0.352 e. The van der Waals surface area contributed by atoms with Crippen LogP contribution >= 0.6 is 11.3 Å². The molecule has 1 saturated carbocycles. The third-order valence-corrected chi connectivity index (χ3v) is 4.21. The van der Waals surface area contributed by atoms with Crippen LogP contribution in [-0.4, -0.2) is 31.7 Å². The Labute approximate surface area is 119 Å². The molecule has 0 saturated heterocycles. The Hall–Kier alpha value is -1.96. The number of aromatic nitrogens is 4. The molecule has 1 aliphatic rings. The van der Waals surface area contributed by atoms with Crippen LogP contribution in [0.5, 0.6) is 0 Å². The summed E-state index contributed by atoms with van der Waals surface area (Å²) in [6.45, 7) is 1.89. The molecule has 1 aliphatic carbocycles. The van der Waals surface area contributed by atoms with Crippen LogP contribution < -0.4 is 11.0 Å². The third-order valence-electron chi connectivity index (χ3n) is 3.37. The van der Waals surface area contributed by atoms with Crippen LogP contribution in [0, 0.1) is 5.92 Å². The first kappa shape index (κ1) is 13.0. The second kappa shape index (κ2) is 5.20. The van der Waals surface area contributed by atoms with Crippen LogP contribution in [0.15, 0.2) is 22.3 Å². The standard InChI is InChI=1S/C12H15N5O2S/c1-8(9-4-5-9)13-10(18)7-16-12(19)17(15-14-16)11-3-2-6-20-11/h2-3,6,8-9H,4-5,7H2,1H3,(H,13,18). The molecule has 0 spiro atoms. The molecule has 2 aromatic heterocycles. The first-order valence-electron chi connectivity index (χ1n) is 6.51. The van der Waals surface area contributed by atoms with Crippen molar-refractivity contribution in [3.63, 3.8) is 0 Å². The number of thiophene rings is 1. The van der Waals surface area contributed by atoms with Gasteiger partial charge < -0.3 is 5.32 Å². The molecule has 1 fully saturated rings. The van der Waals surface area contributed by atoms with Crippen molar-refractivity contribution in [1.29, 1.82) is 0 Å². The summed E-state index contributed by atoms with van der Waals surface area (Å²) < 4.78 is 2.27. The van der Waals surface area contributed by atoms with Crippen LogP contribution in [0.2, 0.25) is 0 Å². The van der Waals surface area contributed by atoms with E-state index in [9.17, 15) is 9.59 Å². The second-order valence-electron chi connectivity index (χ2n) is 4.98. The molecule has 1 amide bonds. The Balaban J connectivity index is 1.69. The fraction of sp³-hybridized carbons (Fsp3) is 0.500. The summed E-state index contributed by atoms with van der Waals surface area (Å²) in [5.41, 5.74) is -0.401. The van der Waals surface area contributed by atoms with Gasteiger partial charge in [0.1, 0.15) is 11.5 Å². The van der Waals surface area contributed by atoms with Gasteiger partial charge in [-0.05, 0) is 53.6 Å². The average Bonchev–Trinajstić information content (AvgIpc) is 3.03. The number of carbonyl (C=O) groups excluding carboxylic acids is 1. The van der Waals surface area contributed by atoms with E-state index in [4.69, 9.17) is 0 Å². The molecule has 1 atom stereocenters. The summed E-state index contributed by atoms with van der Waals surface area (Å²) in [7, 11) is 0. The number of nitrogens with one attached hydrogen (secondary N) is 1. The first-order chi connectivity index (χ1) is 9.65. The van der Waals surface area contributed by atoms with Crippen molar-refractivity contribution in [3.05, 3.63) is 28.0 Å². The van der Waals surface area contributed by atoms with Crippen molar-refractivity contribution in [2.75, 3.05) is 0 Å². The van der Waals surface area contributed by atoms with Gasteiger partial charge in [-0.15, -0.1) is 11.3 Å². The lowest BCUT2D eigenvalue weighted by molar-refractivity contribution is -0.122. The van der Waals surface area contributed by atoms with Gasteiger partial charge in [-0.1, -0.05) is 0 Å². The number of hydrogen-bond acceptors (Lipinski definition) is 5. The van der Waals surface area contributed by atoms with E-state index in [-0.39, 0.29) is 18.5 Å². The highest BCUT2D eigenvalue weighted by Crippen LogP contribution is 2.32. The maximum atomic E-state index is 12.1. The molecule has 2 aromatic rings. The summed E-state index contributed by atoms with van der Waals surface area (Å²) in [5.74, 6) is 0.377. The zero-order chi connectivity index (χ0) is 14.1. The van der Waals surface area contributed by atoms with Gasteiger partial charge in [-0.25, -0.2) is 4.79 Å². The molecular weight excluding hydrogens is 278 g/mol. The van der Waals surface area contributed by atoms with Gasteiger partial charge in [0.15, 0.2) is 0 Å². The van der Waals surface area contributed by atoms with Crippen LogP contribution in [0.25, 0.3) is 5.00 Å². The summed E-state index contributed by atoms with van der Waals surface area (Å²) in [6.07, 6.45) is 2.33. The van der Waals surface area contributed by atoms with E-state index in [1.807, 2.05) is 18.4 Å². The highest BCUT2D eigenvalue weighted by Gasteiger charge is 2.29. The lowest BCUT2D eigenvalue weighted by Crippen LogP contribution is -2.38. The van der Waals surface area contributed by atoms with E-state index in [0.29, 0.717) is 10.9 Å². The molecule has 1 N–H and O–H groups in total. The van der Waals surface area contributed by atoms with E-state index in [1.54, 1.807) is 6.07 Å². The molecule has 2 heterocycles. The minimum atomic E-state index is -0.401. The maximum Gasteiger partial charge on any atom is 0.369 e. The Morgan fingerprint density at radius 2 is 2.35 bits per heavy atom. The number of nitrogens with zero attached hydrogens (tertiary/aromatic N) is 4. The molecular formula is C12H15N5O2S. The maximum absolute atomic E-state index is 12.1. The summed E-state index contributed by atoms with van der Waals surface area (Å²) in [5, 5.41) is 13.0. The van der Waals surface area contributed by atoms with Gasteiger partial charge in [-0.2, -0.15) is 9.36 Å². The van der Waals surface area contributed by atoms with E-state index >= 15 is 0 Å². The summed E-state index contributed by atoms with van der Waals surface area (Å²) >= 11 is 1.39. The smallest absolute Gasteiger partial charge is 0.352 e. The van der Waals surface area contributed by atoms with Crippen molar-refractivity contribution in [1.82, 2.24) is 25.1 Å². The predicted molar refractivity (Wildman–Crippen MR) is 73.8 cm³/mol. The number of carbonyl (C=O) groups is 1. The van der Waals surface area contributed by atoms with Crippen molar-refractivity contribution < 1.29 is 4.79 Å². The van der Waals surface area contributed by atoms with Gasteiger partial charge in [0.25, 0.3) is 0 Å². The fourth-order valence-electron chi connectivity index (χ4n) is 2.05. The van der Waals surface area contributed by atoms with Crippen molar-refractivity contribution in [2.24, 2.45) is 5.92 Å². The topological polar surface area (TPSA) is 81.8 Å². The van der Waals surface area contributed by atoms with Gasteiger partial charge in [0.05, 0.1) is 0 Å². The lowest BCUT2D eigenvalue weighted by Gasteiger charge is -2.11. The molecule has 0 bridgehead atoms. The van der Waals surface area contributed by atoms with Crippen molar-refractivity contribution in [3.8, 4) is 5.00 Å². The van der Waals surface area contributed by atoms with Crippen molar-refractivity contribution >= 4 is 17.2 Å². The van der Waals surface area contributed by atoms with Gasteiger partial charge >= 0.3 is 5.69 Å². The van der Waals surface area contributed by atoms with Gasteiger partial charge in [0, 0.05) is 6.04 Å². The molecule has 3 rings (SSSR count). The largest absolute Gasteiger partial charge is 0.369 e. The van der Waals surface area contributed by atoms with E-state index in [2.05, 4.69) is 15.7 Å². The molecule has 106 valence electrons. The first-order valence-corrected chi connectivity index (χ1v) is 7.39. The van der Waals surface area contributed by atoms with Crippen LogP contribution in [0.3, 0.4) is 0 Å². The highest BCUT2D eigenvalue weighted by molar-refractivity contribution is 7.12. The lowest BCUT2D eigenvalue weighted by atomic mass is 10.2. The third kappa shape index (κ3) is 2.64. The number of hydrogen-bond donors (Lipinski definition) is 1. The molecule has 0 radical (unpaired) electrons. The molecule has 0 aromatic carbocycles. The zero-order valence-electron chi connectivity index (χ0n) is 11.0. The predicted octanol–water partition coefficient (Wildman–Crippen LogP) is 0.405. The zero-order valence-corrected chi connectivity index (χ0v) is 11.8. The molecule has 20 heavy (non-hydrogen) atoms. The Kier molecular flexibility index (Phi) is 3.39. The Morgan fingerprint density at radius 1 is 1.55 bits per heavy atom. The average molecular weight is 293 g/mol. The number of tetrazole rings is 1. The molecule has 7 nitrogen and oxygen atoms in total. The summed E-state index contributed by atoms with van der Waals surface area (Å²) in [4.78, 5) is 23.9. The molecule has 8 heteroatoms. The fourth-order valence-corrected chi connectivity index (χ4v) is 2.72. The van der Waals surface area contributed by atoms with E-state index < -0.39 is 5.69 Å². The summed E-state index contributed by atoms with van der Waals surface area (Å²) in [6, 6.07) is 3.76. The quantitative estimate of drug-likeness (QED) is 0.865. The number of rotatable bonds is 5. The SMILES string of the molecule is CC(NC(=O)Cn1nnn(-c2cccs2)c1=O)C1CC1. The minimum absolute atomic E-state index is 0.0960. The van der Waals surface area contributed by atoms with Crippen LogP contribution in [0.1, 0.15) is 19.8 Å². The second-order valence-corrected chi connectivity index (χ2v) is 5.90. The monoisotopic (exact) mass is 293 g/mol. The molecule has 1 unspecified atom stereocenters. The normalized spacial score (nSPS) is 16.1. The van der Waals surface area contributed by atoms with E-state index in [0.717, 1.165) is 17.5 Å².